The Morgan fingerprint density at radius 2 is 1.36 bits per heavy atom. The predicted molar refractivity (Wildman–Crippen MR) is 95.6 cm³/mol. The number of nitrogens with two attached hydrogens (primary N) is 1. The van der Waals surface area contributed by atoms with Crippen LogP contribution >= 0.6 is 15.9 Å². The average Bonchev–Trinajstić information content (AvgIpc) is 2.59. The van der Waals surface area contributed by atoms with Crippen LogP contribution in [0.1, 0.15) is 5.56 Å². The van der Waals surface area contributed by atoms with Gasteiger partial charge in [0.25, 0.3) is 0 Å². The van der Waals surface area contributed by atoms with Gasteiger partial charge in [-0.15, -0.1) is 0 Å². The van der Waals surface area contributed by atoms with Crippen LogP contribution in [-0.2, 0) is 6.54 Å². The molecule has 0 aliphatic heterocycles. The highest BCUT2D eigenvalue weighted by atomic mass is 79.9. The van der Waals surface area contributed by atoms with Gasteiger partial charge in [-0.25, -0.2) is 0 Å². The third-order valence-electron chi connectivity index (χ3n) is 3.13. The third-order valence-corrected chi connectivity index (χ3v) is 3.77. The molecule has 0 spiro atoms. The lowest BCUT2D eigenvalue weighted by atomic mass is 10.1. The van der Waals surface area contributed by atoms with E-state index in [4.69, 9.17) is 5.73 Å². The van der Waals surface area contributed by atoms with Crippen LogP contribution in [0, 0.1) is 0 Å². The van der Waals surface area contributed by atoms with Gasteiger partial charge in [0.15, 0.2) is 0 Å². The molecule has 0 heterocycles. The van der Waals surface area contributed by atoms with E-state index in [1.807, 2.05) is 72.8 Å². The summed E-state index contributed by atoms with van der Waals surface area (Å²) in [6.45, 7) is 0.640. The van der Waals surface area contributed by atoms with Crippen molar-refractivity contribution in [3.63, 3.8) is 0 Å². The normalized spacial score (nSPS) is 9.73. The summed E-state index contributed by atoms with van der Waals surface area (Å²) in [5.41, 5.74) is 8.78. The molecule has 0 saturated carbocycles. The molecule has 3 rings (SSSR count). The molecule has 112 valence electrons. The van der Waals surface area contributed by atoms with Crippen LogP contribution in [0.3, 0.4) is 0 Å². The number of rotatable bonds is 2. The SMILES string of the molecule is NCc1ccccc1.Oc1ccc(-c2ccccc2)cc1Br. The van der Waals surface area contributed by atoms with Crippen molar-refractivity contribution in [1.82, 2.24) is 0 Å². The molecule has 0 aliphatic carbocycles. The average molecular weight is 356 g/mol. The van der Waals surface area contributed by atoms with E-state index in [1.54, 1.807) is 6.07 Å². The smallest absolute Gasteiger partial charge is 0.129 e. The molecule has 0 unspecified atom stereocenters. The van der Waals surface area contributed by atoms with E-state index in [1.165, 1.54) is 5.56 Å². The highest BCUT2D eigenvalue weighted by Gasteiger charge is 2.00. The third kappa shape index (κ3) is 4.72. The Hall–Kier alpha value is -2.10. The Morgan fingerprint density at radius 1 is 0.773 bits per heavy atom. The van der Waals surface area contributed by atoms with E-state index in [9.17, 15) is 5.11 Å². The summed E-state index contributed by atoms with van der Waals surface area (Å²) in [5, 5.41) is 9.34. The van der Waals surface area contributed by atoms with Crippen LogP contribution in [0.25, 0.3) is 11.1 Å². The van der Waals surface area contributed by atoms with E-state index >= 15 is 0 Å². The van der Waals surface area contributed by atoms with Crippen molar-refractivity contribution >= 4 is 15.9 Å². The second kappa shape index (κ2) is 8.37. The van der Waals surface area contributed by atoms with Gasteiger partial charge in [0.2, 0.25) is 0 Å². The first-order chi connectivity index (χ1) is 10.7. The lowest BCUT2D eigenvalue weighted by Crippen LogP contribution is -1.94. The van der Waals surface area contributed by atoms with E-state index < -0.39 is 0 Å². The summed E-state index contributed by atoms with van der Waals surface area (Å²) in [5.74, 6) is 0.268. The number of halogens is 1. The van der Waals surface area contributed by atoms with Crippen molar-refractivity contribution in [2.24, 2.45) is 5.73 Å². The molecule has 0 aromatic heterocycles. The van der Waals surface area contributed by atoms with Crippen LogP contribution in [0.15, 0.2) is 83.3 Å². The molecular weight excluding hydrogens is 338 g/mol. The Balaban J connectivity index is 0.000000188. The zero-order valence-corrected chi connectivity index (χ0v) is 13.7. The second-order valence-corrected chi connectivity index (χ2v) is 5.58. The number of aromatic hydroxyl groups is 1. The molecule has 0 radical (unpaired) electrons. The van der Waals surface area contributed by atoms with Crippen molar-refractivity contribution in [1.29, 1.82) is 0 Å². The van der Waals surface area contributed by atoms with Crippen molar-refractivity contribution in [3.05, 3.63) is 88.9 Å². The summed E-state index contributed by atoms with van der Waals surface area (Å²) in [6.07, 6.45) is 0. The number of benzene rings is 3. The highest BCUT2D eigenvalue weighted by molar-refractivity contribution is 9.10. The molecular formula is C19H18BrNO. The standard InChI is InChI=1S/C12H9BrO.C7H9N/c13-11-8-10(6-7-12(11)14)9-4-2-1-3-5-9;8-6-7-4-2-1-3-5-7/h1-8,14H;1-5H,6,8H2. The first-order valence-corrected chi connectivity index (χ1v) is 7.78. The van der Waals surface area contributed by atoms with Crippen LogP contribution in [-0.4, -0.2) is 5.11 Å². The van der Waals surface area contributed by atoms with Gasteiger partial charge in [-0.2, -0.15) is 0 Å². The summed E-state index contributed by atoms with van der Waals surface area (Å²) in [6, 6.07) is 25.5. The Morgan fingerprint density at radius 3 is 1.86 bits per heavy atom. The van der Waals surface area contributed by atoms with Gasteiger partial charge in [-0.3, -0.25) is 0 Å². The zero-order valence-electron chi connectivity index (χ0n) is 12.1. The molecule has 22 heavy (non-hydrogen) atoms. The van der Waals surface area contributed by atoms with Gasteiger partial charge >= 0.3 is 0 Å². The lowest BCUT2D eigenvalue weighted by molar-refractivity contribution is 0.472. The van der Waals surface area contributed by atoms with Gasteiger partial charge in [0, 0.05) is 6.54 Å². The minimum atomic E-state index is 0.268. The topological polar surface area (TPSA) is 46.2 Å². The van der Waals surface area contributed by atoms with Crippen molar-refractivity contribution in [2.75, 3.05) is 0 Å². The fourth-order valence-electron chi connectivity index (χ4n) is 1.93. The van der Waals surface area contributed by atoms with Crippen LogP contribution in [0.5, 0.6) is 5.75 Å². The zero-order chi connectivity index (χ0) is 15.8. The molecule has 0 saturated heterocycles. The summed E-state index contributed by atoms with van der Waals surface area (Å²) in [4.78, 5) is 0. The van der Waals surface area contributed by atoms with Crippen LogP contribution in [0.4, 0.5) is 0 Å². The number of phenolic OH excluding ortho intramolecular Hbond substituents is 1. The van der Waals surface area contributed by atoms with Crippen LogP contribution < -0.4 is 5.73 Å². The Labute approximate surface area is 139 Å². The van der Waals surface area contributed by atoms with Gasteiger partial charge < -0.3 is 10.8 Å². The minimum Gasteiger partial charge on any atom is -0.507 e. The Kier molecular flexibility index (Phi) is 6.19. The molecule has 3 heteroatoms. The van der Waals surface area contributed by atoms with E-state index in [-0.39, 0.29) is 5.75 Å². The molecule has 0 atom stereocenters. The molecule has 2 nitrogen and oxygen atoms in total. The number of hydrogen-bond acceptors (Lipinski definition) is 2. The van der Waals surface area contributed by atoms with Gasteiger partial charge in [0.1, 0.15) is 5.75 Å². The molecule has 3 N–H and O–H groups in total. The molecule has 0 fully saturated rings. The minimum absolute atomic E-state index is 0.268. The maximum Gasteiger partial charge on any atom is 0.129 e. The van der Waals surface area contributed by atoms with Crippen LogP contribution in [0.2, 0.25) is 0 Å². The second-order valence-electron chi connectivity index (χ2n) is 4.72. The summed E-state index contributed by atoms with van der Waals surface area (Å²) < 4.78 is 0.721. The predicted octanol–water partition coefficient (Wildman–Crippen LogP) is 4.97. The van der Waals surface area contributed by atoms with E-state index in [0.717, 1.165) is 15.6 Å². The Bertz CT molecular complexity index is 699. The monoisotopic (exact) mass is 355 g/mol. The van der Waals surface area contributed by atoms with Gasteiger partial charge in [-0.05, 0) is 44.8 Å². The molecule has 0 aliphatic rings. The van der Waals surface area contributed by atoms with E-state index in [2.05, 4.69) is 15.9 Å². The quantitative estimate of drug-likeness (QED) is 0.681. The maximum atomic E-state index is 9.34. The molecule has 0 bridgehead atoms. The molecule has 0 amide bonds. The molecule has 3 aromatic rings. The summed E-state index contributed by atoms with van der Waals surface area (Å²) in [7, 11) is 0. The maximum absolute atomic E-state index is 9.34. The summed E-state index contributed by atoms with van der Waals surface area (Å²) >= 11 is 3.29. The fraction of sp³-hybridized carbons (Fsp3) is 0.0526. The van der Waals surface area contributed by atoms with Crippen molar-refractivity contribution in [2.45, 2.75) is 6.54 Å². The van der Waals surface area contributed by atoms with Gasteiger partial charge in [0.05, 0.1) is 4.47 Å². The number of hydrogen-bond donors (Lipinski definition) is 2. The van der Waals surface area contributed by atoms with Crippen molar-refractivity contribution in [3.8, 4) is 16.9 Å². The first kappa shape index (κ1) is 16.3. The van der Waals surface area contributed by atoms with E-state index in [0.29, 0.717) is 6.54 Å². The largest absolute Gasteiger partial charge is 0.507 e. The highest BCUT2D eigenvalue weighted by Crippen LogP contribution is 2.29. The fourth-order valence-corrected chi connectivity index (χ4v) is 2.31. The van der Waals surface area contributed by atoms with Crippen molar-refractivity contribution < 1.29 is 5.11 Å². The number of phenols is 1. The first-order valence-electron chi connectivity index (χ1n) is 6.98. The van der Waals surface area contributed by atoms with Gasteiger partial charge in [-0.1, -0.05) is 66.7 Å². The molecule has 3 aromatic carbocycles. The lowest BCUT2D eigenvalue weighted by Gasteiger charge is -2.03.